The number of hydrogen-bond donors (Lipinski definition) is 2. The van der Waals surface area contributed by atoms with Gasteiger partial charge in [-0.05, 0) is 37.3 Å². The molecule has 172 valence electrons. The molecule has 4 rings (SSSR count). The summed E-state index contributed by atoms with van der Waals surface area (Å²) in [7, 11) is -3.62. The van der Waals surface area contributed by atoms with E-state index in [2.05, 4.69) is 25.5 Å². The molecule has 4 aromatic rings. The lowest BCUT2D eigenvalue weighted by Crippen LogP contribution is -2.31. The number of aromatic amines is 1. The van der Waals surface area contributed by atoms with Crippen LogP contribution in [0.25, 0.3) is 22.1 Å². The van der Waals surface area contributed by atoms with Crippen LogP contribution in [0.3, 0.4) is 0 Å². The van der Waals surface area contributed by atoms with E-state index in [0.29, 0.717) is 40.9 Å². The van der Waals surface area contributed by atoms with Gasteiger partial charge >= 0.3 is 0 Å². The van der Waals surface area contributed by atoms with E-state index in [0.717, 1.165) is 0 Å². The van der Waals surface area contributed by atoms with Crippen molar-refractivity contribution in [1.82, 2.24) is 24.5 Å². The van der Waals surface area contributed by atoms with Crippen molar-refractivity contribution in [2.75, 3.05) is 18.4 Å². The Hall–Kier alpha value is -3.57. The molecule has 2 aromatic heterocycles. The summed E-state index contributed by atoms with van der Waals surface area (Å²) in [4.78, 5) is 20.1. The van der Waals surface area contributed by atoms with Gasteiger partial charge in [0.15, 0.2) is 11.8 Å². The SMILES string of the molecule is CCN(CC)S(=O)(=O)c1ccc2[nH]c3nc(NC(=O)C(C)Oc4ccccc4)nnc3c2c1. The third-order valence-electron chi connectivity index (χ3n) is 5.19. The molecule has 0 radical (unpaired) electrons. The Kier molecular flexibility index (Phi) is 6.25. The number of carbonyl (C=O) groups excluding carboxylic acids is 1. The Labute approximate surface area is 191 Å². The molecule has 0 aliphatic rings. The van der Waals surface area contributed by atoms with Gasteiger partial charge in [0.2, 0.25) is 10.0 Å². The minimum absolute atomic E-state index is 0.0125. The highest BCUT2D eigenvalue weighted by Crippen LogP contribution is 2.27. The van der Waals surface area contributed by atoms with Crippen LogP contribution in [0.15, 0.2) is 53.4 Å². The van der Waals surface area contributed by atoms with Gasteiger partial charge in [-0.25, -0.2) is 8.42 Å². The summed E-state index contributed by atoms with van der Waals surface area (Å²) in [5, 5.41) is 11.3. The first-order valence-corrected chi connectivity index (χ1v) is 12.0. The average molecular weight is 469 g/mol. The van der Waals surface area contributed by atoms with Gasteiger partial charge in [0.25, 0.3) is 11.9 Å². The molecule has 2 heterocycles. The van der Waals surface area contributed by atoms with Crippen molar-refractivity contribution in [3.05, 3.63) is 48.5 Å². The predicted octanol–water partition coefficient (Wildman–Crippen LogP) is 2.94. The second-order valence-corrected chi connectivity index (χ2v) is 9.25. The molecule has 11 heteroatoms. The molecule has 0 fully saturated rings. The number of ether oxygens (including phenoxy) is 1. The summed E-state index contributed by atoms with van der Waals surface area (Å²) in [5.74, 6) is 0.156. The molecule has 0 bridgehead atoms. The third kappa shape index (κ3) is 4.50. The van der Waals surface area contributed by atoms with Gasteiger partial charge in [-0.1, -0.05) is 32.0 Å². The van der Waals surface area contributed by atoms with Crippen LogP contribution in [0.4, 0.5) is 5.95 Å². The second-order valence-electron chi connectivity index (χ2n) is 7.32. The quantitative estimate of drug-likeness (QED) is 0.406. The van der Waals surface area contributed by atoms with E-state index in [1.807, 2.05) is 18.2 Å². The molecule has 1 atom stereocenters. The highest BCUT2D eigenvalue weighted by Gasteiger charge is 2.23. The van der Waals surface area contributed by atoms with Crippen LogP contribution in [0.5, 0.6) is 5.75 Å². The van der Waals surface area contributed by atoms with E-state index in [-0.39, 0.29) is 10.8 Å². The Bertz CT molecular complexity index is 1400. The Morgan fingerprint density at radius 3 is 2.55 bits per heavy atom. The van der Waals surface area contributed by atoms with Crippen molar-refractivity contribution < 1.29 is 17.9 Å². The van der Waals surface area contributed by atoms with Crippen molar-refractivity contribution in [2.45, 2.75) is 31.8 Å². The maximum atomic E-state index is 12.9. The zero-order valence-corrected chi connectivity index (χ0v) is 19.3. The fourth-order valence-corrected chi connectivity index (χ4v) is 4.93. The molecule has 1 amide bonds. The zero-order valence-electron chi connectivity index (χ0n) is 18.4. The van der Waals surface area contributed by atoms with E-state index in [1.54, 1.807) is 51.1 Å². The number of aromatic nitrogens is 4. The Morgan fingerprint density at radius 2 is 1.85 bits per heavy atom. The number of sulfonamides is 1. The number of amides is 1. The van der Waals surface area contributed by atoms with Gasteiger partial charge in [-0.3, -0.25) is 10.1 Å². The zero-order chi connectivity index (χ0) is 23.6. The third-order valence-corrected chi connectivity index (χ3v) is 7.24. The number of carbonyl (C=O) groups is 1. The van der Waals surface area contributed by atoms with E-state index in [1.165, 1.54) is 4.31 Å². The number of H-pyrrole nitrogens is 1. The Balaban J connectivity index is 1.59. The number of benzene rings is 2. The van der Waals surface area contributed by atoms with Gasteiger partial charge < -0.3 is 9.72 Å². The predicted molar refractivity (Wildman–Crippen MR) is 124 cm³/mol. The van der Waals surface area contributed by atoms with E-state index >= 15 is 0 Å². The highest BCUT2D eigenvalue weighted by molar-refractivity contribution is 7.89. The van der Waals surface area contributed by atoms with Crippen LogP contribution >= 0.6 is 0 Å². The fourth-order valence-electron chi connectivity index (χ4n) is 3.44. The number of para-hydroxylation sites is 1. The summed E-state index contributed by atoms with van der Waals surface area (Å²) >= 11 is 0. The monoisotopic (exact) mass is 468 g/mol. The molecule has 0 saturated carbocycles. The lowest BCUT2D eigenvalue weighted by molar-refractivity contribution is -0.122. The molecule has 0 saturated heterocycles. The smallest absolute Gasteiger partial charge is 0.267 e. The summed E-state index contributed by atoms with van der Waals surface area (Å²) < 4.78 is 32.7. The molecule has 0 spiro atoms. The molecule has 10 nitrogen and oxygen atoms in total. The first-order chi connectivity index (χ1) is 15.8. The lowest BCUT2D eigenvalue weighted by atomic mass is 10.2. The number of anilines is 1. The molecular weight excluding hydrogens is 444 g/mol. The van der Waals surface area contributed by atoms with Gasteiger partial charge in [0.05, 0.1) is 4.90 Å². The van der Waals surface area contributed by atoms with Crippen LogP contribution in [0, 0.1) is 0 Å². The Morgan fingerprint density at radius 1 is 1.12 bits per heavy atom. The van der Waals surface area contributed by atoms with E-state index < -0.39 is 22.0 Å². The number of hydrogen-bond acceptors (Lipinski definition) is 7. The lowest BCUT2D eigenvalue weighted by Gasteiger charge is -2.18. The molecule has 0 aliphatic carbocycles. The minimum Gasteiger partial charge on any atom is -0.481 e. The van der Waals surface area contributed by atoms with Crippen LogP contribution in [-0.2, 0) is 14.8 Å². The van der Waals surface area contributed by atoms with Crippen LogP contribution in [-0.4, -0.2) is 58.0 Å². The summed E-state index contributed by atoms with van der Waals surface area (Å²) in [5.41, 5.74) is 1.45. The first-order valence-electron chi connectivity index (χ1n) is 10.5. The summed E-state index contributed by atoms with van der Waals surface area (Å²) in [6.07, 6.45) is -0.776. The van der Waals surface area contributed by atoms with Crippen molar-refractivity contribution in [3.8, 4) is 5.75 Å². The van der Waals surface area contributed by atoms with Gasteiger partial charge in [0, 0.05) is 24.0 Å². The van der Waals surface area contributed by atoms with Crippen LogP contribution in [0.2, 0.25) is 0 Å². The maximum Gasteiger partial charge on any atom is 0.267 e. The first kappa shape index (κ1) is 22.6. The van der Waals surface area contributed by atoms with E-state index in [4.69, 9.17) is 4.74 Å². The van der Waals surface area contributed by atoms with Crippen LogP contribution < -0.4 is 10.1 Å². The average Bonchev–Trinajstić information content (AvgIpc) is 3.17. The molecule has 33 heavy (non-hydrogen) atoms. The molecule has 2 aromatic carbocycles. The molecule has 2 N–H and O–H groups in total. The van der Waals surface area contributed by atoms with Crippen molar-refractivity contribution in [2.24, 2.45) is 0 Å². The maximum absolute atomic E-state index is 12.9. The molecular formula is C22H24N6O4S. The van der Waals surface area contributed by atoms with Gasteiger partial charge in [0.1, 0.15) is 11.3 Å². The van der Waals surface area contributed by atoms with Crippen LogP contribution in [0.1, 0.15) is 20.8 Å². The highest BCUT2D eigenvalue weighted by atomic mass is 32.2. The van der Waals surface area contributed by atoms with E-state index in [9.17, 15) is 13.2 Å². The van der Waals surface area contributed by atoms with Crippen molar-refractivity contribution in [3.63, 3.8) is 0 Å². The fraction of sp³-hybridized carbons (Fsp3) is 0.273. The number of nitrogens with one attached hydrogen (secondary N) is 2. The second kappa shape index (κ2) is 9.12. The topological polar surface area (TPSA) is 130 Å². The van der Waals surface area contributed by atoms with Gasteiger partial charge in [-0.15, -0.1) is 10.2 Å². The summed E-state index contributed by atoms with van der Waals surface area (Å²) in [6, 6.07) is 13.8. The molecule has 0 aliphatic heterocycles. The minimum atomic E-state index is -3.62. The normalized spacial score (nSPS) is 12.8. The molecule has 1 unspecified atom stereocenters. The van der Waals surface area contributed by atoms with Gasteiger partial charge in [-0.2, -0.15) is 9.29 Å². The number of nitrogens with zero attached hydrogens (tertiary/aromatic N) is 4. The number of fused-ring (bicyclic) bond motifs is 3. The van der Waals surface area contributed by atoms with Crippen molar-refractivity contribution in [1.29, 1.82) is 0 Å². The summed E-state index contributed by atoms with van der Waals surface area (Å²) in [6.45, 7) is 5.96. The largest absolute Gasteiger partial charge is 0.481 e. The number of rotatable bonds is 8. The van der Waals surface area contributed by atoms with Crippen molar-refractivity contribution >= 4 is 43.9 Å². The standard InChI is InChI=1S/C22H24N6O4S/c1-4-28(5-2)33(30,31)16-11-12-18-17(13-16)19-20(23-18)24-22(27-26-19)25-21(29)14(3)32-15-9-7-6-8-10-15/h6-14H,4-5H2,1-3H3,(H2,23,24,25,27,29).